The van der Waals surface area contributed by atoms with E-state index in [0.717, 1.165) is 26.2 Å². The third-order valence-corrected chi connectivity index (χ3v) is 2.30. The van der Waals surface area contributed by atoms with E-state index in [1.807, 2.05) is 0 Å². The van der Waals surface area contributed by atoms with Crippen LogP contribution in [-0.4, -0.2) is 50.8 Å². The van der Waals surface area contributed by atoms with Crippen molar-refractivity contribution in [3.63, 3.8) is 0 Å². The lowest BCUT2D eigenvalue weighted by Gasteiger charge is -2.29. The van der Waals surface area contributed by atoms with E-state index in [1.165, 1.54) is 6.42 Å². The number of likely N-dealkylation sites (N-methyl/N-ethyl adjacent to an activating group) is 1. The number of hydrogen-bond donors (Lipinski definition) is 1. The molecule has 0 fully saturated rings. The molecule has 0 rings (SSSR count). The van der Waals surface area contributed by atoms with Crippen molar-refractivity contribution in [2.75, 3.05) is 40.3 Å². The lowest BCUT2D eigenvalue weighted by Crippen LogP contribution is -2.40. The Morgan fingerprint density at radius 1 is 1.29 bits per heavy atom. The minimum absolute atomic E-state index is 0.0422. The Bertz CT molecular complexity index is 137. The van der Waals surface area contributed by atoms with Gasteiger partial charge in [-0.3, -0.25) is 0 Å². The van der Waals surface area contributed by atoms with E-state index in [0.29, 0.717) is 0 Å². The van der Waals surface area contributed by atoms with Gasteiger partial charge in [-0.25, -0.2) is 0 Å². The summed E-state index contributed by atoms with van der Waals surface area (Å²) in [6.45, 7) is 10.6. The number of rotatable bonds is 8. The standard InChI is InChI=1S/C11H26N2O/c1-6-7-12-8-9-13(4)10-11(2,3)14-5/h12H,6-10H2,1-5H3. The fourth-order valence-corrected chi connectivity index (χ4v) is 1.37. The summed E-state index contributed by atoms with van der Waals surface area (Å²) in [4.78, 5) is 2.30. The maximum Gasteiger partial charge on any atom is 0.0748 e. The lowest BCUT2D eigenvalue weighted by molar-refractivity contribution is -0.00165. The van der Waals surface area contributed by atoms with Gasteiger partial charge in [-0.15, -0.1) is 0 Å². The van der Waals surface area contributed by atoms with Gasteiger partial charge in [0.05, 0.1) is 5.60 Å². The van der Waals surface area contributed by atoms with Gasteiger partial charge in [0.25, 0.3) is 0 Å². The van der Waals surface area contributed by atoms with Gasteiger partial charge in [-0.2, -0.15) is 0 Å². The Labute approximate surface area is 88.8 Å². The number of hydrogen-bond acceptors (Lipinski definition) is 3. The molecule has 0 spiro atoms. The number of ether oxygens (including phenoxy) is 1. The first-order valence-electron chi connectivity index (χ1n) is 5.46. The van der Waals surface area contributed by atoms with Gasteiger partial charge in [0.2, 0.25) is 0 Å². The zero-order chi connectivity index (χ0) is 11.0. The molecule has 0 aliphatic heterocycles. The molecule has 0 bridgehead atoms. The van der Waals surface area contributed by atoms with Crippen LogP contribution in [0.15, 0.2) is 0 Å². The Morgan fingerprint density at radius 3 is 2.43 bits per heavy atom. The molecule has 3 heteroatoms. The summed E-state index contributed by atoms with van der Waals surface area (Å²) in [5.41, 5.74) is -0.0422. The van der Waals surface area contributed by atoms with Crippen LogP contribution in [0.5, 0.6) is 0 Å². The highest BCUT2D eigenvalue weighted by molar-refractivity contribution is 4.72. The molecule has 14 heavy (non-hydrogen) atoms. The van der Waals surface area contributed by atoms with Crippen molar-refractivity contribution in [3.05, 3.63) is 0 Å². The van der Waals surface area contributed by atoms with E-state index >= 15 is 0 Å². The second-order valence-corrected chi connectivity index (χ2v) is 4.45. The molecule has 0 aromatic rings. The molecule has 0 atom stereocenters. The summed E-state index contributed by atoms with van der Waals surface area (Å²) in [6, 6.07) is 0. The number of methoxy groups -OCH3 is 1. The van der Waals surface area contributed by atoms with E-state index < -0.39 is 0 Å². The van der Waals surface area contributed by atoms with Crippen molar-refractivity contribution in [2.24, 2.45) is 0 Å². The van der Waals surface area contributed by atoms with Gasteiger partial charge in [0, 0.05) is 26.7 Å². The highest BCUT2D eigenvalue weighted by Crippen LogP contribution is 2.08. The van der Waals surface area contributed by atoms with Crippen LogP contribution in [0.25, 0.3) is 0 Å². The molecule has 0 aliphatic rings. The first kappa shape index (κ1) is 13.9. The second kappa shape index (κ2) is 7.21. The predicted molar refractivity (Wildman–Crippen MR) is 61.7 cm³/mol. The highest BCUT2D eigenvalue weighted by atomic mass is 16.5. The first-order valence-corrected chi connectivity index (χ1v) is 5.46. The zero-order valence-electron chi connectivity index (χ0n) is 10.4. The van der Waals surface area contributed by atoms with Crippen LogP contribution in [0.2, 0.25) is 0 Å². The maximum atomic E-state index is 5.37. The Kier molecular flexibility index (Phi) is 7.15. The topological polar surface area (TPSA) is 24.5 Å². The maximum absolute atomic E-state index is 5.37. The van der Waals surface area contributed by atoms with Crippen molar-refractivity contribution in [3.8, 4) is 0 Å². The molecule has 0 aromatic carbocycles. The van der Waals surface area contributed by atoms with E-state index in [2.05, 4.69) is 38.0 Å². The normalized spacial score (nSPS) is 12.4. The van der Waals surface area contributed by atoms with Gasteiger partial charge in [0.15, 0.2) is 0 Å². The largest absolute Gasteiger partial charge is 0.377 e. The Morgan fingerprint density at radius 2 is 1.93 bits per heavy atom. The molecule has 0 radical (unpaired) electrons. The minimum Gasteiger partial charge on any atom is -0.377 e. The van der Waals surface area contributed by atoms with Crippen molar-refractivity contribution in [1.82, 2.24) is 10.2 Å². The molecule has 0 saturated carbocycles. The SMILES string of the molecule is CCCNCCN(C)CC(C)(C)OC. The summed E-state index contributed by atoms with van der Waals surface area (Å²) < 4.78 is 5.37. The van der Waals surface area contributed by atoms with Gasteiger partial charge in [-0.1, -0.05) is 6.92 Å². The van der Waals surface area contributed by atoms with Crippen LogP contribution in [0.3, 0.4) is 0 Å². The van der Waals surface area contributed by atoms with Crippen LogP contribution in [0, 0.1) is 0 Å². The van der Waals surface area contributed by atoms with Crippen LogP contribution in [-0.2, 0) is 4.74 Å². The quantitative estimate of drug-likeness (QED) is 0.601. The molecular formula is C11H26N2O. The lowest BCUT2D eigenvalue weighted by atomic mass is 10.1. The molecule has 0 aliphatic carbocycles. The van der Waals surface area contributed by atoms with Crippen LogP contribution < -0.4 is 5.32 Å². The zero-order valence-corrected chi connectivity index (χ0v) is 10.4. The van der Waals surface area contributed by atoms with Crippen LogP contribution >= 0.6 is 0 Å². The third-order valence-electron chi connectivity index (χ3n) is 2.30. The highest BCUT2D eigenvalue weighted by Gasteiger charge is 2.18. The average Bonchev–Trinajstić information content (AvgIpc) is 2.12. The second-order valence-electron chi connectivity index (χ2n) is 4.45. The summed E-state index contributed by atoms with van der Waals surface area (Å²) >= 11 is 0. The first-order chi connectivity index (χ1) is 6.52. The third kappa shape index (κ3) is 7.30. The van der Waals surface area contributed by atoms with Gasteiger partial charge < -0.3 is 15.0 Å². The summed E-state index contributed by atoms with van der Waals surface area (Å²) in [5, 5.41) is 3.39. The molecular weight excluding hydrogens is 176 g/mol. The van der Waals surface area contributed by atoms with Crippen LogP contribution in [0.1, 0.15) is 27.2 Å². The van der Waals surface area contributed by atoms with E-state index in [9.17, 15) is 0 Å². The van der Waals surface area contributed by atoms with E-state index in [4.69, 9.17) is 4.74 Å². The van der Waals surface area contributed by atoms with Crippen molar-refractivity contribution < 1.29 is 4.74 Å². The average molecular weight is 202 g/mol. The summed E-state index contributed by atoms with van der Waals surface area (Å²) in [7, 11) is 3.90. The molecule has 0 heterocycles. The number of nitrogens with one attached hydrogen (secondary N) is 1. The summed E-state index contributed by atoms with van der Waals surface area (Å²) in [6.07, 6.45) is 1.20. The molecule has 86 valence electrons. The molecule has 0 saturated heterocycles. The van der Waals surface area contributed by atoms with Gasteiger partial charge in [-0.05, 0) is 33.9 Å². The fraction of sp³-hybridized carbons (Fsp3) is 1.00. The van der Waals surface area contributed by atoms with E-state index in [1.54, 1.807) is 7.11 Å². The minimum atomic E-state index is -0.0422. The summed E-state index contributed by atoms with van der Waals surface area (Å²) in [5.74, 6) is 0. The molecule has 0 aromatic heterocycles. The van der Waals surface area contributed by atoms with Gasteiger partial charge in [0.1, 0.15) is 0 Å². The predicted octanol–water partition coefficient (Wildman–Crippen LogP) is 1.34. The fourth-order valence-electron chi connectivity index (χ4n) is 1.37. The molecule has 1 N–H and O–H groups in total. The van der Waals surface area contributed by atoms with Crippen molar-refractivity contribution >= 4 is 0 Å². The number of nitrogens with zero attached hydrogens (tertiary/aromatic N) is 1. The van der Waals surface area contributed by atoms with Crippen molar-refractivity contribution in [1.29, 1.82) is 0 Å². The monoisotopic (exact) mass is 202 g/mol. The Balaban J connectivity index is 3.49. The Hall–Kier alpha value is -0.120. The van der Waals surface area contributed by atoms with Crippen molar-refractivity contribution in [2.45, 2.75) is 32.8 Å². The smallest absolute Gasteiger partial charge is 0.0748 e. The van der Waals surface area contributed by atoms with E-state index in [-0.39, 0.29) is 5.60 Å². The van der Waals surface area contributed by atoms with Crippen LogP contribution in [0.4, 0.5) is 0 Å². The van der Waals surface area contributed by atoms with Gasteiger partial charge >= 0.3 is 0 Å². The molecule has 0 amide bonds. The molecule has 0 unspecified atom stereocenters. The molecule has 3 nitrogen and oxygen atoms in total.